The summed E-state index contributed by atoms with van der Waals surface area (Å²) in [5, 5.41) is 10.4. The van der Waals surface area contributed by atoms with Crippen LogP contribution < -0.4 is 5.73 Å². The van der Waals surface area contributed by atoms with Crippen LogP contribution in [0.4, 0.5) is 0 Å². The summed E-state index contributed by atoms with van der Waals surface area (Å²) in [5.74, 6) is 1.28. The lowest BCUT2D eigenvalue weighted by Gasteiger charge is -2.40. The van der Waals surface area contributed by atoms with Crippen molar-refractivity contribution in [3.8, 4) is 0 Å². The average molecular weight is 183 g/mol. The summed E-state index contributed by atoms with van der Waals surface area (Å²) in [6.45, 7) is 2.23. The largest absolute Gasteiger partial charge is 0.388 e. The van der Waals surface area contributed by atoms with E-state index in [1.165, 1.54) is 19.3 Å². The second-order valence-corrected chi connectivity index (χ2v) is 5.17. The molecular weight excluding hydrogens is 162 g/mol. The third kappa shape index (κ3) is 1.89. The van der Waals surface area contributed by atoms with E-state index in [9.17, 15) is 5.11 Å². The molecule has 0 heterocycles. The van der Waals surface area contributed by atoms with E-state index in [4.69, 9.17) is 5.73 Å². The zero-order valence-electron chi connectivity index (χ0n) is 8.50. The van der Waals surface area contributed by atoms with Crippen molar-refractivity contribution in [1.29, 1.82) is 0 Å². The van der Waals surface area contributed by atoms with E-state index in [-0.39, 0.29) is 6.04 Å². The summed E-state index contributed by atoms with van der Waals surface area (Å²) in [6, 6.07) is 0.0512. The molecular formula is C11H21NO. The summed E-state index contributed by atoms with van der Waals surface area (Å²) in [4.78, 5) is 0. The molecule has 0 aliphatic heterocycles. The molecule has 2 fully saturated rings. The van der Waals surface area contributed by atoms with Crippen LogP contribution in [0.2, 0.25) is 0 Å². The molecule has 3 atom stereocenters. The zero-order chi connectivity index (χ0) is 9.47. The van der Waals surface area contributed by atoms with Crippen LogP contribution in [0.1, 0.15) is 45.4 Å². The fourth-order valence-corrected chi connectivity index (χ4v) is 2.76. The summed E-state index contributed by atoms with van der Waals surface area (Å²) in [5.41, 5.74) is 5.57. The first-order chi connectivity index (χ1) is 6.12. The Morgan fingerprint density at radius 2 is 2.08 bits per heavy atom. The number of hydrogen-bond donors (Lipinski definition) is 2. The van der Waals surface area contributed by atoms with Crippen molar-refractivity contribution >= 4 is 0 Å². The van der Waals surface area contributed by atoms with Crippen LogP contribution in [-0.2, 0) is 0 Å². The van der Waals surface area contributed by atoms with Crippen molar-refractivity contribution in [2.45, 2.75) is 57.1 Å². The monoisotopic (exact) mass is 183 g/mol. The molecule has 0 saturated heterocycles. The van der Waals surface area contributed by atoms with Crippen molar-refractivity contribution < 1.29 is 5.11 Å². The summed E-state index contributed by atoms with van der Waals surface area (Å²) < 4.78 is 0. The molecule has 0 amide bonds. The first-order valence-corrected chi connectivity index (χ1v) is 5.60. The zero-order valence-corrected chi connectivity index (χ0v) is 8.50. The molecule has 3 unspecified atom stereocenters. The van der Waals surface area contributed by atoms with Gasteiger partial charge in [-0.3, -0.25) is 0 Å². The molecule has 3 N–H and O–H groups in total. The van der Waals surface area contributed by atoms with Crippen molar-refractivity contribution in [2.75, 3.05) is 0 Å². The molecule has 2 rings (SSSR count). The van der Waals surface area contributed by atoms with Gasteiger partial charge in [0.15, 0.2) is 0 Å². The molecule has 13 heavy (non-hydrogen) atoms. The molecule has 2 aliphatic rings. The SMILES string of the molecule is CC1CCCC(O)(C(N)C2CC2)C1. The first-order valence-electron chi connectivity index (χ1n) is 5.60. The van der Waals surface area contributed by atoms with E-state index in [0.717, 1.165) is 19.3 Å². The highest BCUT2D eigenvalue weighted by Gasteiger charge is 2.44. The Balaban J connectivity index is 1.99. The van der Waals surface area contributed by atoms with Gasteiger partial charge in [-0.1, -0.05) is 19.8 Å². The minimum Gasteiger partial charge on any atom is -0.388 e. The highest BCUT2D eigenvalue weighted by Crippen LogP contribution is 2.42. The van der Waals surface area contributed by atoms with Gasteiger partial charge >= 0.3 is 0 Å². The molecule has 0 spiro atoms. The van der Waals surface area contributed by atoms with E-state index < -0.39 is 5.60 Å². The maximum atomic E-state index is 10.4. The lowest BCUT2D eigenvalue weighted by atomic mass is 9.74. The molecule has 0 aromatic carbocycles. The molecule has 2 aliphatic carbocycles. The van der Waals surface area contributed by atoms with Gasteiger partial charge in [0.05, 0.1) is 5.60 Å². The van der Waals surface area contributed by atoms with Crippen LogP contribution in [0, 0.1) is 11.8 Å². The van der Waals surface area contributed by atoms with Crippen LogP contribution in [0.25, 0.3) is 0 Å². The van der Waals surface area contributed by atoms with Crippen LogP contribution in [-0.4, -0.2) is 16.7 Å². The minimum absolute atomic E-state index is 0.0512. The molecule has 2 saturated carbocycles. The van der Waals surface area contributed by atoms with Gasteiger partial charge in [0.25, 0.3) is 0 Å². The van der Waals surface area contributed by atoms with Gasteiger partial charge in [0.2, 0.25) is 0 Å². The third-order valence-electron chi connectivity index (χ3n) is 3.76. The first kappa shape index (κ1) is 9.47. The van der Waals surface area contributed by atoms with Crippen LogP contribution in [0.15, 0.2) is 0 Å². The number of nitrogens with two attached hydrogens (primary N) is 1. The fraction of sp³-hybridized carbons (Fsp3) is 1.00. The number of hydrogen-bond acceptors (Lipinski definition) is 2. The van der Waals surface area contributed by atoms with Crippen LogP contribution in [0.5, 0.6) is 0 Å². The van der Waals surface area contributed by atoms with Crippen LogP contribution >= 0.6 is 0 Å². The lowest BCUT2D eigenvalue weighted by Crippen LogP contribution is -2.51. The summed E-state index contributed by atoms with van der Waals surface area (Å²) in [6.07, 6.45) is 6.73. The van der Waals surface area contributed by atoms with Crippen molar-refractivity contribution in [1.82, 2.24) is 0 Å². The second-order valence-electron chi connectivity index (χ2n) is 5.17. The molecule has 0 bridgehead atoms. The number of rotatable bonds is 2. The molecule has 0 aromatic rings. The van der Waals surface area contributed by atoms with E-state index in [2.05, 4.69) is 6.92 Å². The Labute approximate surface area is 80.5 Å². The highest BCUT2D eigenvalue weighted by molar-refractivity contribution is 5.00. The van der Waals surface area contributed by atoms with Crippen molar-refractivity contribution in [3.63, 3.8) is 0 Å². The molecule has 2 nitrogen and oxygen atoms in total. The van der Waals surface area contributed by atoms with E-state index in [0.29, 0.717) is 11.8 Å². The summed E-state index contributed by atoms with van der Waals surface area (Å²) in [7, 11) is 0. The summed E-state index contributed by atoms with van der Waals surface area (Å²) >= 11 is 0. The Morgan fingerprint density at radius 1 is 1.38 bits per heavy atom. The maximum Gasteiger partial charge on any atom is 0.0803 e. The molecule has 0 radical (unpaired) electrons. The Kier molecular flexibility index (Phi) is 2.37. The van der Waals surface area contributed by atoms with Gasteiger partial charge in [-0.15, -0.1) is 0 Å². The molecule has 0 aromatic heterocycles. The van der Waals surface area contributed by atoms with E-state index in [1.807, 2.05) is 0 Å². The Morgan fingerprint density at radius 3 is 2.62 bits per heavy atom. The molecule has 76 valence electrons. The standard InChI is InChI=1S/C11H21NO/c1-8-3-2-6-11(13,7-8)10(12)9-4-5-9/h8-10,13H,2-7,12H2,1H3. The topological polar surface area (TPSA) is 46.2 Å². The number of aliphatic hydroxyl groups is 1. The predicted octanol–water partition coefficient (Wildman–Crippen LogP) is 1.66. The average Bonchev–Trinajstić information content (AvgIpc) is 2.84. The lowest BCUT2D eigenvalue weighted by molar-refractivity contribution is -0.0400. The van der Waals surface area contributed by atoms with Crippen molar-refractivity contribution in [2.24, 2.45) is 17.6 Å². The Bertz CT molecular complexity index is 191. The quantitative estimate of drug-likeness (QED) is 0.684. The maximum absolute atomic E-state index is 10.4. The smallest absolute Gasteiger partial charge is 0.0803 e. The van der Waals surface area contributed by atoms with Crippen LogP contribution in [0.3, 0.4) is 0 Å². The second kappa shape index (κ2) is 3.25. The van der Waals surface area contributed by atoms with Gasteiger partial charge in [0, 0.05) is 6.04 Å². The van der Waals surface area contributed by atoms with E-state index in [1.54, 1.807) is 0 Å². The van der Waals surface area contributed by atoms with Gasteiger partial charge in [-0.05, 0) is 37.5 Å². The van der Waals surface area contributed by atoms with Gasteiger partial charge in [-0.25, -0.2) is 0 Å². The van der Waals surface area contributed by atoms with Gasteiger partial charge < -0.3 is 10.8 Å². The van der Waals surface area contributed by atoms with Gasteiger partial charge in [-0.2, -0.15) is 0 Å². The minimum atomic E-state index is -0.529. The highest BCUT2D eigenvalue weighted by atomic mass is 16.3. The van der Waals surface area contributed by atoms with Crippen molar-refractivity contribution in [3.05, 3.63) is 0 Å². The van der Waals surface area contributed by atoms with Gasteiger partial charge in [0.1, 0.15) is 0 Å². The predicted molar refractivity (Wildman–Crippen MR) is 53.3 cm³/mol. The molecule has 2 heteroatoms. The normalized spacial score (nSPS) is 43.2. The fourth-order valence-electron chi connectivity index (χ4n) is 2.76. The Hall–Kier alpha value is -0.0800. The third-order valence-corrected chi connectivity index (χ3v) is 3.76. The van der Waals surface area contributed by atoms with E-state index >= 15 is 0 Å².